The Balaban J connectivity index is 1.55. The van der Waals surface area contributed by atoms with E-state index in [1.54, 1.807) is 12.1 Å². The Hall–Kier alpha value is -1.75. The van der Waals surface area contributed by atoms with Crippen LogP contribution in [0, 0.1) is 0 Å². The van der Waals surface area contributed by atoms with Crippen LogP contribution in [0.25, 0.3) is 11.1 Å². The van der Waals surface area contributed by atoms with Crippen LogP contribution in [0.2, 0.25) is 18.1 Å². The van der Waals surface area contributed by atoms with Gasteiger partial charge in [-0.15, -0.1) is 13.2 Å². The second-order valence-electron chi connectivity index (χ2n) is 7.91. The Morgan fingerprint density at radius 2 is 1.46 bits per heavy atom. The quantitative estimate of drug-likeness (QED) is 0.341. The molecule has 0 radical (unpaired) electrons. The number of benzene rings is 2. The molecule has 2 aromatic carbocycles. The molecule has 0 atom stereocenters. The number of unbranched alkanes of at least 4 members (excludes halogenated alkanes) is 2. The maximum Gasteiger partial charge on any atom is 0.573 e. The smallest absolute Gasteiger partial charge is 0.406 e. The van der Waals surface area contributed by atoms with Gasteiger partial charge in [0.1, 0.15) is 5.75 Å². The lowest BCUT2D eigenvalue weighted by Gasteiger charge is -2.28. The normalized spacial score (nSPS) is 20.1. The minimum absolute atomic E-state index is 0.187. The SMILES string of the molecule is CCCCC[Si@H]1CC[C@H](c2ccc(-c3ccc(OC(F)(F)F)cc3)cc2)CC1. The molecule has 1 nitrogen and oxygen atoms in total. The Labute approximate surface area is 167 Å². The average molecular weight is 407 g/mol. The highest BCUT2D eigenvalue weighted by Gasteiger charge is 2.31. The molecule has 2 aromatic rings. The van der Waals surface area contributed by atoms with Crippen LogP contribution < -0.4 is 4.74 Å². The molecule has 1 aliphatic heterocycles. The summed E-state index contributed by atoms with van der Waals surface area (Å²) in [6.45, 7) is 2.27. The number of hydrogen-bond donors (Lipinski definition) is 0. The van der Waals surface area contributed by atoms with Gasteiger partial charge in [0.2, 0.25) is 0 Å². The van der Waals surface area contributed by atoms with Gasteiger partial charge in [-0.1, -0.05) is 80.7 Å². The first-order valence-electron chi connectivity index (χ1n) is 10.4. The fraction of sp³-hybridized carbons (Fsp3) is 0.478. The van der Waals surface area contributed by atoms with Crippen LogP contribution in [-0.2, 0) is 0 Å². The molecule has 5 heteroatoms. The van der Waals surface area contributed by atoms with Crippen LogP contribution in [-0.4, -0.2) is 15.2 Å². The van der Waals surface area contributed by atoms with Crippen molar-refractivity contribution in [3.8, 4) is 16.9 Å². The molecule has 0 aliphatic carbocycles. The number of ether oxygens (including phenoxy) is 1. The van der Waals surface area contributed by atoms with Gasteiger partial charge >= 0.3 is 6.36 Å². The summed E-state index contributed by atoms with van der Waals surface area (Å²) in [5.74, 6) is 0.485. The zero-order valence-electron chi connectivity index (χ0n) is 16.5. The zero-order valence-corrected chi connectivity index (χ0v) is 17.6. The number of rotatable bonds is 7. The fourth-order valence-electron chi connectivity index (χ4n) is 4.26. The predicted molar refractivity (Wildman–Crippen MR) is 112 cm³/mol. The van der Waals surface area contributed by atoms with Crippen molar-refractivity contribution in [3.05, 3.63) is 54.1 Å². The standard InChI is InChI=1S/C23H29F3OSi/c1-2-3-4-15-28-16-13-21(14-17-28)19-7-5-18(6-8-19)20-9-11-22(12-10-20)27-23(24,25)26/h5-12,21,28H,2-4,13-17H2,1H3/t21-,28-. The molecule has 0 saturated carbocycles. The molecule has 1 fully saturated rings. The molecule has 1 heterocycles. The highest BCUT2D eigenvalue weighted by molar-refractivity contribution is 6.59. The molecule has 28 heavy (non-hydrogen) atoms. The predicted octanol–water partition coefficient (Wildman–Crippen LogP) is 7.55. The second-order valence-corrected chi connectivity index (χ2v) is 11.4. The van der Waals surface area contributed by atoms with Gasteiger partial charge in [-0.2, -0.15) is 0 Å². The van der Waals surface area contributed by atoms with Crippen LogP contribution in [0.5, 0.6) is 5.75 Å². The highest BCUT2D eigenvalue weighted by Crippen LogP contribution is 2.36. The zero-order chi connectivity index (χ0) is 20.0. The van der Waals surface area contributed by atoms with Crippen LogP contribution in [0.1, 0.15) is 50.5 Å². The van der Waals surface area contributed by atoms with Gasteiger partial charge in [-0.3, -0.25) is 0 Å². The largest absolute Gasteiger partial charge is 0.573 e. The summed E-state index contributed by atoms with van der Waals surface area (Å²) in [7, 11) is -0.491. The molecule has 0 amide bonds. The maximum atomic E-state index is 12.3. The van der Waals surface area contributed by atoms with Crippen molar-refractivity contribution < 1.29 is 17.9 Å². The average Bonchev–Trinajstić information content (AvgIpc) is 2.68. The van der Waals surface area contributed by atoms with E-state index in [1.165, 1.54) is 67.9 Å². The van der Waals surface area contributed by atoms with E-state index in [0.717, 1.165) is 11.1 Å². The van der Waals surface area contributed by atoms with Crippen LogP contribution >= 0.6 is 0 Å². The minimum atomic E-state index is -4.65. The van der Waals surface area contributed by atoms with Gasteiger partial charge in [0, 0.05) is 8.80 Å². The molecule has 0 spiro atoms. The molecular formula is C23H29F3OSi. The number of alkyl halides is 3. The molecular weight excluding hydrogens is 377 g/mol. The summed E-state index contributed by atoms with van der Waals surface area (Å²) in [4.78, 5) is 0. The molecule has 1 aliphatic rings. The van der Waals surface area contributed by atoms with E-state index in [0.29, 0.717) is 5.92 Å². The van der Waals surface area contributed by atoms with Gasteiger partial charge in [0.15, 0.2) is 0 Å². The van der Waals surface area contributed by atoms with Crippen molar-refractivity contribution in [1.29, 1.82) is 0 Å². The molecule has 0 unspecified atom stereocenters. The molecule has 0 bridgehead atoms. The third kappa shape index (κ3) is 6.13. The van der Waals surface area contributed by atoms with Crippen LogP contribution in [0.15, 0.2) is 48.5 Å². The van der Waals surface area contributed by atoms with Gasteiger partial charge in [0.25, 0.3) is 0 Å². The van der Waals surface area contributed by atoms with Crippen LogP contribution in [0.4, 0.5) is 13.2 Å². The molecule has 0 N–H and O–H groups in total. The summed E-state index contributed by atoms with van der Waals surface area (Å²) in [6, 6.07) is 19.1. The lowest BCUT2D eigenvalue weighted by molar-refractivity contribution is -0.274. The third-order valence-corrected chi connectivity index (χ3v) is 9.39. The fourth-order valence-corrected chi connectivity index (χ4v) is 7.74. The Morgan fingerprint density at radius 3 is 2.00 bits per heavy atom. The second kappa shape index (κ2) is 9.64. The van der Waals surface area contributed by atoms with E-state index in [2.05, 4.69) is 35.9 Å². The minimum Gasteiger partial charge on any atom is -0.406 e. The Kier molecular flexibility index (Phi) is 7.22. The molecule has 3 rings (SSSR count). The number of hydrogen-bond acceptors (Lipinski definition) is 1. The van der Waals surface area contributed by atoms with Crippen molar-refractivity contribution in [1.82, 2.24) is 0 Å². The monoisotopic (exact) mass is 406 g/mol. The first-order valence-corrected chi connectivity index (χ1v) is 12.9. The van der Waals surface area contributed by atoms with Gasteiger partial charge < -0.3 is 4.74 Å². The summed E-state index contributed by atoms with van der Waals surface area (Å²) in [5.41, 5.74) is 3.32. The van der Waals surface area contributed by atoms with Crippen molar-refractivity contribution >= 4 is 8.80 Å². The summed E-state index contributed by atoms with van der Waals surface area (Å²) >= 11 is 0. The molecule has 0 aromatic heterocycles. The van der Waals surface area contributed by atoms with Crippen molar-refractivity contribution in [3.63, 3.8) is 0 Å². The van der Waals surface area contributed by atoms with E-state index in [4.69, 9.17) is 0 Å². The maximum absolute atomic E-state index is 12.3. The first-order chi connectivity index (χ1) is 13.4. The van der Waals surface area contributed by atoms with Gasteiger partial charge in [0.05, 0.1) is 0 Å². The number of halogens is 3. The van der Waals surface area contributed by atoms with Crippen molar-refractivity contribution in [2.24, 2.45) is 0 Å². The summed E-state index contributed by atoms with van der Waals surface area (Å²) in [6.07, 6.45) is 2.13. The summed E-state index contributed by atoms with van der Waals surface area (Å²) < 4.78 is 40.7. The van der Waals surface area contributed by atoms with E-state index in [-0.39, 0.29) is 5.75 Å². The van der Waals surface area contributed by atoms with E-state index in [9.17, 15) is 13.2 Å². The Bertz CT molecular complexity index is 717. The molecule has 1 saturated heterocycles. The van der Waals surface area contributed by atoms with E-state index in [1.807, 2.05) is 0 Å². The summed E-state index contributed by atoms with van der Waals surface area (Å²) in [5, 5.41) is 0. The van der Waals surface area contributed by atoms with E-state index < -0.39 is 15.2 Å². The van der Waals surface area contributed by atoms with Gasteiger partial charge in [-0.25, -0.2) is 0 Å². The van der Waals surface area contributed by atoms with Crippen LogP contribution in [0.3, 0.4) is 0 Å². The lowest BCUT2D eigenvalue weighted by atomic mass is 9.92. The van der Waals surface area contributed by atoms with Crippen molar-refractivity contribution in [2.45, 2.75) is 69.4 Å². The third-order valence-electron chi connectivity index (χ3n) is 5.87. The topological polar surface area (TPSA) is 9.23 Å². The Morgan fingerprint density at radius 1 is 0.893 bits per heavy atom. The van der Waals surface area contributed by atoms with E-state index >= 15 is 0 Å². The first kappa shape index (κ1) is 21.0. The lowest BCUT2D eigenvalue weighted by Crippen LogP contribution is -2.20. The molecule has 152 valence electrons. The highest BCUT2D eigenvalue weighted by atomic mass is 28.3. The van der Waals surface area contributed by atoms with Crippen molar-refractivity contribution in [2.75, 3.05) is 0 Å². The van der Waals surface area contributed by atoms with Gasteiger partial charge in [-0.05, 0) is 47.6 Å².